The first kappa shape index (κ1) is 18.7. The van der Waals surface area contributed by atoms with Gasteiger partial charge in [-0.3, -0.25) is 10.1 Å². The molecule has 0 amide bonds. The number of hydrogen-bond acceptors (Lipinski definition) is 10. The van der Waals surface area contributed by atoms with E-state index in [9.17, 15) is 10.1 Å². The molecule has 11 heteroatoms. The Balaban J connectivity index is 1.62. The second-order valence-corrected chi connectivity index (χ2v) is 5.92. The minimum atomic E-state index is -0.462. The third-order valence-corrected chi connectivity index (χ3v) is 3.78. The van der Waals surface area contributed by atoms with Gasteiger partial charge in [0.15, 0.2) is 0 Å². The molecular weight excluding hydrogens is 386 g/mol. The number of pyridine rings is 2. The molecule has 0 saturated heterocycles. The molecule has 3 N–H and O–H groups in total. The number of rotatable bonds is 7. The fourth-order valence-electron chi connectivity index (χ4n) is 2.44. The first-order valence-electron chi connectivity index (χ1n) is 8.79. The molecule has 11 nitrogen and oxygen atoms in total. The lowest BCUT2D eigenvalue weighted by molar-refractivity contribution is -0.384. The summed E-state index contributed by atoms with van der Waals surface area (Å²) in [5, 5.41) is 19.9. The number of nitrogens with one attached hydrogen (secondary N) is 3. The summed E-state index contributed by atoms with van der Waals surface area (Å²) in [7, 11) is 0. The minimum Gasteiger partial charge on any atom is -0.324 e. The van der Waals surface area contributed by atoms with E-state index in [2.05, 4.69) is 40.9 Å². The Morgan fingerprint density at radius 3 is 1.60 bits per heavy atom. The van der Waals surface area contributed by atoms with Crippen LogP contribution < -0.4 is 16.0 Å². The number of nitrogens with zero attached hydrogens (tertiary/aromatic N) is 6. The first-order chi connectivity index (χ1) is 14.7. The lowest BCUT2D eigenvalue weighted by atomic mass is 10.3. The molecular formula is C19H15N9O2. The Bertz CT molecular complexity index is 1080. The molecule has 0 spiro atoms. The lowest BCUT2D eigenvalue weighted by Gasteiger charge is -2.10. The number of nitro benzene ring substituents is 1. The third-order valence-electron chi connectivity index (χ3n) is 3.78. The van der Waals surface area contributed by atoms with Crippen molar-refractivity contribution in [3.63, 3.8) is 0 Å². The van der Waals surface area contributed by atoms with Gasteiger partial charge in [-0.1, -0.05) is 12.1 Å². The molecule has 30 heavy (non-hydrogen) atoms. The first-order valence-corrected chi connectivity index (χ1v) is 8.79. The van der Waals surface area contributed by atoms with Crippen LogP contribution in [-0.4, -0.2) is 29.8 Å². The van der Waals surface area contributed by atoms with Crippen LogP contribution in [0.2, 0.25) is 0 Å². The molecule has 0 atom stereocenters. The SMILES string of the molecule is O=[N+]([O-])c1ccc(Nc2nc(Nc3ccccn3)nc(Nc3ccccn3)n2)cc1. The summed E-state index contributed by atoms with van der Waals surface area (Å²) in [6, 6.07) is 16.7. The Hall–Kier alpha value is -4.67. The largest absolute Gasteiger partial charge is 0.324 e. The van der Waals surface area contributed by atoms with Gasteiger partial charge < -0.3 is 16.0 Å². The molecule has 0 bridgehead atoms. The van der Waals surface area contributed by atoms with Crippen LogP contribution in [0.15, 0.2) is 73.1 Å². The van der Waals surface area contributed by atoms with Gasteiger partial charge in [-0.25, -0.2) is 9.97 Å². The van der Waals surface area contributed by atoms with Crippen molar-refractivity contribution in [2.75, 3.05) is 16.0 Å². The zero-order chi connectivity index (χ0) is 20.8. The number of hydrogen-bond donors (Lipinski definition) is 3. The van der Waals surface area contributed by atoms with E-state index in [1.807, 2.05) is 12.1 Å². The molecule has 0 aliphatic carbocycles. The van der Waals surface area contributed by atoms with E-state index in [0.29, 0.717) is 17.3 Å². The van der Waals surface area contributed by atoms with Crippen molar-refractivity contribution in [3.8, 4) is 0 Å². The van der Waals surface area contributed by atoms with Gasteiger partial charge in [0.25, 0.3) is 5.69 Å². The second-order valence-electron chi connectivity index (χ2n) is 5.92. The Morgan fingerprint density at radius 1 is 0.667 bits per heavy atom. The smallest absolute Gasteiger partial charge is 0.269 e. The van der Waals surface area contributed by atoms with Crippen LogP contribution in [0, 0.1) is 10.1 Å². The molecule has 0 aliphatic heterocycles. The summed E-state index contributed by atoms with van der Waals surface area (Å²) in [4.78, 5) is 31.8. The van der Waals surface area contributed by atoms with Crippen LogP contribution in [-0.2, 0) is 0 Å². The van der Waals surface area contributed by atoms with Gasteiger partial charge in [-0.05, 0) is 36.4 Å². The molecule has 4 aromatic rings. The van der Waals surface area contributed by atoms with Crippen LogP contribution in [0.1, 0.15) is 0 Å². The van der Waals surface area contributed by atoms with E-state index in [4.69, 9.17) is 0 Å². The predicted molar refractivity (Wildman–Crippen MR) is 111 cm³/mol. The molecule has 0 fully saturated rings. The Morgan fingerprint density at radius 2 is 1.17 bits per heavy atom. The van der Waals surface area contributed by atoms with Crippen molar-refractivity contribution in [3.05, 3.63) is 83.2 Å². The molecule has 3 heterocycles. The van der Waals surface area contributed by atoms with E-state index >= 15 is 0 Å². The van der Waals surface area contributed by atoms with Crippen LogP contribution in [0.3, 0.4) is 0 Å². The summed E-state index contributed by atoms with van der Waals surface area (Å²) in [5.41, 5.74) is 0.575. The van der Waals surface area contributed by atoms with Gasteiger partial charge in [0.1, 0.15) is 11.6 Å². The zero-order valence-electron chi connectivity index (χ0n) is 15.4. The maximum absolute atomic E-state index is 10.8. The van der Waals surface area contributed by atoms with E-state index in [0.717, 1.165) is 0 Å². The Labute approximate surface area is 170 Å². The van der Waals surface area contributed by atoms with Gasteiger partial charge >= 0.3 is 0 Å². The maximum Gasteiger partial charge on any atom is 0.269 e. The van der Waals surface area contributed by atoms with Crippen molar-refractivity contribution >= 4 is 40.9 Å². The normalized spacial score (nSPS) is 10.3. The molecule has 4 rings (SSSR count). The molecule has 3 aromatic heterocycles. The van der Waals surface area contributed by atoms with Crippen LogP contribution in [0.25, 0.3) is 0 Å². The number of non-ortho nitro benzene ring substituents is 1. The summed E-state index contributed by atoms with van der Waals surface area (Å²) in [6.45, 7) is 0. The standard InChI is InChI=1S/C19H15N9O2/c29-28(30)14-9-7-13(8-10-14)22-17-25-18(23-15-5-1-3-11-20-15)27-19(26-17)24-16-6-2-4-12-21-16/h1-12H,(H3,20,21,22,23,24,25,26,27). The number of nitro groups is 1. The van der Waals surface area contributed by atoms with E-state index in [1.165, 1.54) is 12.1 Å². The van der Waals surface area contributed by atoms with E-state index in [1.54, 1.807) is 48.8 Å². The van der Waals surface area contributed by atoms with Crippen molar-refractivity contribution in [2.24, 2.45) is 0 Å². The zero-order valence-corrected chi connectivity index (χ0v) is 15.4. The van der Waals surface area contributed by atoms with Crippen molar-refractivity contribution in [1.82, 2.24) is 24.9 Å². The monoisotopic (exact) mass is 401 g/mol. The number of aromatic nitrogens is 5. The lowest BCUT2D eigenvalue weighted by Crippen LogP contribution is -2.08. The molecule has 0 aliphatic rings. The van der Waals surface area contributed by atoms with Crippen LogP contribution in [0.4, 0.5) is 40.9 Å². The summed E-state index contributed by atoms with van der Waals surface area (Å²) >= 11 is 0. The molecule has 0 unspecified atom stereocenters. The second kappa shape index (κ2) is 8.56. The highest BCUT2D eigenvalue weighted by atomic mass is 16.6. The predicted octanol–water partition coefficient (Wildman–Crippen LogP) is 3.80. The maximum atomic E-state index is 10.8. The van der Waals surface area contributed by atoms with Gasteiger partial charge in [-0.15, -0.1) is 0 Å². The van der Waals surface area contributed by atoms with Gasteiger partial charge in [0, 0.05) is 30.2 Å². The topological polar surface area (TPSA) is 144 Å². The molecule has 1 aromatic carbocycles. The van der Waals surface area contributed by atoms with Crippen molar-refractivity contribution < 1.29 is 4.92 Å². The molecule has 148 valence electrons. The number of benzene rings is 1. The van der Waals surface area contributed by atoms with E-state index in [-0.39, 0.29) is 23.5 Å². The molecule has 0 radical (unpaired) electrons. The van der Waals surface area contributed by atoms with Gasteiger partial charge in [0.05, 0.1) is 4.92 Å². The Kier molecular flexibility index (Phi) is 5.33. The van der Waals surface area contributed by atoms with E-state index < -0.39 is 4.92 Å². The quantitative estimate of drug-likeness (QED) is 0.309. The fourth-order valence-corrected chi connectivity index (χ4v) is 2.44. The van der Waals surface area contributed by atoms with Crippen molar-refractivity contribution in [1.29, 1.82) is 0 Å². The van der Waals surface area contributed by atoms with Crippen LogP contribution in [0.5, 0.6) is 0 Å². The molecule has 0 saturated carbocycles. The average molecular weight is 401 g/mol. The fraction of sp³-hybridized carbons (Fsp3) is 0. The van der Waals surface area contributed by atoms with Crippen molar-refractivity contribution in [2.45, 2.75) is 0 Å². The van der Waals surface area contributed by atoms with Gasteiger partial charge in [-0.2, -0.15) is 15.0 Å². The highest BCUT2D eigenvalue weighted by molar-refractivity contribution is 5.60. The highest BCUT2D eigenvalue weighted by Crippen LogP contribution is 2.21. The summed E-state index contributed by atoms with van der Waals surface area (Å²) in [6.07, 6.45) is 3.29. The van der Waals surface area contributed by atoms with Crippen LogP contribution >= 0.6 is 0 Å². The van der Waals surface area contributed by atoms with Gasteiger partial charge in [0.2, 0.25) is 17.8 Å². The average Bonchev–Trinajstić information content (AvgIpc) is 2.75. The summed E-state index contributed by atoms with van der Waals surface area (Å²) < 4.78 is 0. The minimum absolute atomic E-state index is 0.00814. The highest BCUT2D eigenvalue weighted by Gasteiger charge is 2.10. The summed E-state index contributed by atoms with van der Waals surface area (Å²) in [5.74, 6) is 1.87. The number of anilines is 6. The third kappa shape index (κ3) is 4.78.